The van der Waals surface area contributed by atoms with E-state index in [2.05, 4.69) is 4.90 Å². The highest BCUT2D eigenvalue weighted by molar-refractivity contribution is 5.78. The number of aliphatic hydroxyl groups excluding tert-OH is 1. The van der Waals surface area contributed by atoms with E-state index in [4.69, 9.17) is 5.11 Å². The Balaban J connectivity index is 1.85. The summed E-state index contributed by atoms with van der Waals surface area (Å²) in [6.07, 6.45) is 6.16. The lowest BCUT2D eigenvalue weighted by Crippen LogP contribution is -2.39. The summed E-state index contributed by atoms with van der Waals surface area (Å²) in [4.78, 5) is 13.6. The van der Waals surface area contributed by atoms with E-state index >= 15 is 0 Å². The summed E-state index contributed by atoms with van der Waals surface area (Å²) in [6.45, 7) is 1.29. The van der Waals surface area contributed by atoms with E-state index in [9.17, 15) is 4.79 Å². The van der Waals surface area contributed by atoms with Gasteiger partial charge in [-0.2, -0.15) is 0 Å². The summed E-state index contributed by atoms with van der Waals surface area (Å²) in [5.41, 5.74) is 0. The Labute approximate surface area is 85.1 Å². The minimum atomic E-state index is 0.320. The lowest BCUT2D eigenvalue weighted by atomic mass is 9.86. The molecule has 1 aliphatic heterocycles. The van der Waals surface area contributed by atoms with E-state index in [-0.39, 0.29) is 0 Å². The molecule has 2 aliphatic rings. The fourth-order valence-electron chi connectivity index (χ4n) is 2.69. The second-order valence-electron chi connectivity index (χ2n) is 4.55. The molecule has 3 heteroatoms. The number of aliphatic hydroxyl groups is 1. The van der Waals surface area contributed by atoms with Crippen molar-refractivity contribution < 1.29 is 9.90 Å². The first kappa shape index (κ1) is 9.97. The van der Waals surface area contributed by atoms with Gasteiger partial charge in [0.15, 0.2) is 0 Å². The van der Waals surface area contributed by atoms with E-state index < -0.39 is 0 Å². The maximum absolute atomic E-state index is 11.5. The molecule has 0 bridgehead atoms. The van der Waals surface area contributed by atoms with Crippen LogP contribution in [0.4, 0.5) is 0 Å². The number of carbonyl (C=O) groups excluding carboxylic acids is 1. The van der Waals surface area contributed by atoms with Gasteiger partial charge in [-0.15, -0.1) is 0 Å². The predicted octanol–water partition coefficient (Wildman–Crippen LogP) is 1.16. The van der Waals surface area contributed by atoms with Crippen molar-refractivity contribution in [1.82, 2.24) is 4.90 Å². The van der Waals surface area contributed by atoms with Crippen molar-refractivity contribution >= 4 is 5.91 Å². The van der Waals surface area contributed by atoms with Crippen LogP contribution in [0.2, 0.25) is 0 Å². The van der Waals surface area contributed by atoms with Gasteiger partial charge < -0.3 is 10.0 Å². The maximum Gasteiger partial charge on any atom is 0.222 e. The Morgan fingerprint density at radius 1 is 1.29 bits per heavy atom. The lowest BCUT2D eigenvalue weighted by Gasteiger charge is -2.33. The highest BCUT2D eigenvalue weighted by Crippen LogP contribution is 2.29. The van der Waals surface area contributed by atoms with Crippen molar-refractivity contribution in [2.24, 2.45) is 5.92 Å². The van der Waals surface area contributed by atoms with Crippen molar-refractivity contribution in [1.29, 1.82) is 0 Å². The van der Waals surface area contributed by atoms with E-state index in [0.717, 1.165) is 45.1 Å². The zero-order valence-electron chi connectivity index (χ0n) is 8.61. The SMILES string of the molecule is O=C1CCCN1C1CCC(CO)CC1. The van der Waals surface area contributed by atoms with Crippen molar-refractivity contribution in [3.8, 4) is 0 Å². The third-order valence-electron chi connectivity index (χ3n) is 3.63. The zero-order chi connectivity index (χ0) is 9.97. The number of hydrogen-bond acceptors (Lipinski definition) is 2. The molecule has 0 atom stereocenters. The molecular formula is C11H19NO2. The van der Waals surface area contributed by atoms with Crippen molar-refractivity contribution in [3.63, 3.8) is 0 Å². The van der Waals surface area contributed by atoms with E-state index in [1.165, 1.54) is 0 Å². The van der Waals surface area contributed by atoms with E-state index in [0.29, 0.717) is 24.5 Å². The number of rotatable bonds is 2. The molecule has 1 amide bonds. The van der Waals surface area contributed by atoms with Gasteiger partial charge in [0.2, 0.25) is 5.91 Å². The summed E-state index contributed by atoms with van der Waals surface area (Å²) < 4.78 is 0. The van der Waals surface area contributed by atoms with Crippen LogP contribution in [0.3, 0.4) is 0 Å². The van der Waals surface area contributed by atoms with Crippen molar-refractivity contribution in [2.45, 2.75) is 44.6 Å². The first-order valence-corrected chi connectivity index (χ1v) is 5.71. The second kappa shape index (κ2) is 4.30. The summed E-state index contributed by atoms with van der Waals surface area (Å²) in [5, 5.41) is 9.01. The van der Waals surface area contributed by atoms with Gasteiger partial charge >= 0.3 is 0 Å². The molecule has 0 unspecified atom stereocenters. The van der Waals surface area contributed by atoms with Crippen LogP contribution in [0.1, 0.15) is 38.5 Å². The van der Waals surface area contributed by atoms with E-state index in [1.807, 2.05) is 0 Å². The Bertz CT molecular complexity index is 209. The zero-order valence-corrected chi connectivity index (χ0v) is 8.61. The molecule has 80 valence electrons. The topological polar surface area (TPSA) is 40.5 Å². The van der Waals surface area contributed by atoms with Gasteiger partial charge in [0.1, 0.15) is 0 Å². The standard InChI is InChI=1S/C11H19NO2/c13-8-9-3-5-10(6-4-9)12-7-1-2-11(12)14/h9-10,13H,1-8H2. The number of nitrogens with zero attached hydrogens (tertiary/aromatic N) is 1. The average Bonchev–Trinajstić information content (AvgIpc) is 2.65. The fourth-order valence-corrected chi connectivity index (χ4v) is 2.69. The molecule has 1 saturated heterocycles. The Hall–Kier alpha value is -0.570. The third-order valence-corrected chi connectivity index (χ3v) is 3.63. The Kier molecular flexibility index (Phi) is 3.06. The normalized spacial score (nSPS) is 33.8. The molecule has 1 aliphatic carbocycles. The predicted molar refractivity (Wildman–Crippen MR) is 53.8 cm³/mol. The monoisotopic (exact) mass is 197 g/mol. The minimum Gasteiger partial charge on any atom is -0.396 e. The van der Waals surface area contributed by atoms with Gasteiger partial charge in [-0.1, -0.05) is 0 Å². The summed E-state index contributed by atoms with van der Waals surface area (Å²) in [5.74, 6) is 0.835. The molecule has 0 aromatic carbocycles. The molecular weight excluding hydrogens is 178 g/mol. The van der Waals surface area contributed by atoms with Gasteiger partial charge in [0.25, 0.3) is 0 Å². The number of hydrogen-bond donors (Lipinski definition) is 1. The molecule has 0 aromatic heterocycles. The number of likely N-dealkylation sites (tertiary alicyclic amines) is 1. The number of carbonyl (C=O) groups is 1. The molecule has 0 spiro atoms. The molecule has 2 rings (SSSR count). The van der Waals surface area contributed by atoms with Crippen LogP contribution in [-0.2, 0) is 4.79 Å². The van der Waals surface area contributed by atoms with Gasteiger partial charge in [-0.25, -0.2) is 0 Å². The van der Waals surface area contributed by atoms with Crippen LogP contribution in [0.15, 0.2) is 0 Å². The Morgan fingerprint density at radius 3 is 2.50 bits per heavy atom. The highest BCUT2D eigenvalue weighted by Gasteiger charge is 2.30. The molecule has 1 heterocycles. The molecule has 14 heavy (non-hydrogen) atoms. The van der Waals surface area contributed by atoms with Crippen LogP contribution < -0.4 is 0 Å². The minimum absolute atomic E-state index is 0.320. The van der Waals surface area contributed by atoms with Gasteiger partial charge in [-0.05, 0) is 38.0 Å². The molecule has 2 fully saturated rings. The summed E-state index contributed by atoms with van der Waals surface area (Å²) >= 11 is 0. The van der Waals surface area contributed by atoms with E-state index in [1.54, 1.807) is 0 Å². The van der Waals surface area contributed by atoms with Crippen LogP contribution in [0.5, 0.6) is 0 Å². The molecule has 1 N–H and O–H groups in total. The van der Waals surface area contributed by atoms with Gasteiger partial charge in [-0.3, -0.25) is 4.79 Å². The highest BCUT2D eigenvalue weighted by atomic mass is 16.3. The molecule has 0 radical (unpaired) electrons. The van der Waals surface area contributed by atoms with Crippen LogP contribution in [-0.4, -0.2) is 35.1 Å². The molecule has 0 aromatic rings. The average molecular weight is 197 g/mol. The largest absolute Gasteiger partial charge is 0.396 e. The smallest absolute Gasteiger partial charge is 0.222 e. The van der Waals surface area contributed by atoms with Crippen molar-refractivity contribution in [3.05, 3.63) is 0 Å². The summed E-state index contributed by atoms with van der Waals surface area (Å²) in [6, 6.07) is 0.479. The molecule has 1 saturated carbocycles. The Morgan fingerprint density at radius 2 is 2.00 bits per heavy atom. The first-order chi connectivity index (χ1) is 6.81. The maximum atomic E-state index is 11.5. The lowest BCUT2D eigenvalue weighted by molar-refractivity contribution is -0.130. The van der Waals surface area contributed by atoms with Crippen molar-refractivity contribution in [2.75, 3.05) is 13.2 Å². The van der Waals surface area contributed by atoms with Crippen LogP contribution in [0, 0.1) is 5.92 Å². The van der Waals surface area contributed by atoms with Crippen LogP contribution in [0.25, 0.3) is 0 Å². The molecule has 3 nitrogen and oxygen atoms in total. The third kappa shape index (κ3) is 1.92. The first-order valence-electron chi connectivity index (χ1n) is 5.71. The van der Waals surface area contributed by atoms with Gasteiger partial charge in [0, 0.05) is 25.6 Å². The van der Waals surface area contributed by atoms with Gasteiger partial charge in [0.05, 0.1) is 0 Å². The number of amides is 1. The quantitative estimate of drug-likeness (QED) is 0.721. The summed E-state index contributed by atoms with van der Waals surface area (Å²) in [7, 11) is 0. The second-order valence-corrected chi connectivity index (χ2v) is 4.55. The van der Waals surface area contributed by atoms with Crippen LogP contribution >= 0.6 is 0 Å². The fraction of sp³-hybridized carbons (Fsp3) is 0.909.